The van der Waals surface area contributed by atoms with Crippen molar-refractivity contribution in [1.29, 1.82) is 0 Å². The minimum absolute atomic E-state index is 0.232. The number of carbonyl (C=O) groups excluding carboxylic acids is 1. The van der Waals surface area contributed by atoms with Crippen molar-refractivity contribution in [2.24, 2.45) is 5.14 Å². The lowest BCUT2D eigenvalue weighted by molar-refractivity contribution is -0.270. The third kappa shape index (κ3) is 8.24. The van der Waals surface area contributed by atoms with Crippen LogP contribution < -0.4 is 25.2 Å². The Labute approximate surface area is 186 Å². The molecule has 0 bridgehead atoms. The van der Waals surface area contributed by atoms with Crippen LogP contribution in [0.15, 0.2) is 24.3 Å². The highest BCUT2D eigenvalue weighted by Crippen LogP contribution is 2.25. The second-order valence-corrected chi connectivity index (χ2v) is 8.47. The van der Waals surface area contributed by atoms with E-state index < -0.39 is 47.5 Å². The predicted molar refractivity (Wildman–Crippen MR) is 115 cm³/mol. The first-order valence-corrected chi connectivity index (χ1v) is 11.4. The quantitative estimate of drug-likeness (QED) is 0.159. The molecule has 0 unspecified atom stereocenters. The van der Waals surface area contributed by atoms with Crippen molar-refractivity contribution in [3.8, 4) is 18.1 Å². The molecule has 13 heteroatoms. The fourth-order valence-electron chi connectivity index (χ4n) is 2.86. The first-order valence-electron chi connectivity index (χ1n) is 9.83. The fourth-order valence-corrected chi connectivity index (χ4v) is 3.26. The van der Waals surface area contributed by atoms with Crippen molar-refractivity contribution in [2.75, 3.05) is 18.4 Å². The molecule has 5 atom stereocenters. The van der Waals surface area contributed by atoms with Gasteiger partial charge in [0.2, 0.25) is 6.29 Å². The summed E-state index contributed by atoms with van der Waals surface area (Å²) in [6.07, 6.45) is -0.0307. The number of rotatable bonds is 10. The van der Waals surface area contributed by atoms with Crippen LogP contribution in [-0.2, 0) is 14.9 Å². The molecule has 32 heavy (non-hydrogen) atoms. The van der Waals surface area contributed by atoms with E-state index in [1.165, 1.54) is 12.1 Å². The van der Waals surface area contributed by atoms with Crippen LogP contribution in [0.4, 0.5) is 10.5 Å². The van der Waals surface area contributed by atoms with Crippen LogP contribution in [-0.4, -0.2) is 73.6 Å². The molecule has 1 aromatic carbocycles. The van der Waals surface area contributed by atoms with Gasteiger partial charge in [-0.25, -0.2) is 9.93 Å². The molecule has 1 saturated heterocycles. The van der Waals surface area contributed by atoms with E-state index in [1.54, 1.807) is 12.1 Å². The number of carbonyl (C=O) groups is 1. The number of unbranched alkanes of at least 4 members (excludes halogenated alkanes) is 2. The molecule has 0 aliphatic carbocycles. The molecule has 178 valence electrons. The summed E-state index contributed by atoms with van der Waals surface area (Å²) in [5.41, 5.74) is 0.481. The zero-order valence-electron chi connectivity index (χ0n) is 17.2. The van der Waals surface area contributed by atoms with Gasteiger partial charge in [-0.05, 0) is 37.1 Å². The lowest BCUT2D eigenvalue weighted by atomic mass is 9.99. The van der Waals surface area contributed by atoms with Crippen molar-refractivity contribution in [1.82, 2.24) is 10.0 Å². The van der Waals surface area contributed by atoms with Crippen LogP contribution in [0.25, 0.3) is 0 Å². The van der Waals surface area contributed by atoms with Gasteiger partial charge in [-0.2, -0.15) is 13.1 Å². The SMILES string of the molecule is C#CCCCCNC(=O)Nc1ccc(O[C@H]2O[C@H](CNS(N)(=O)=O)[C@@H](O)[C@H](O)[C@@H]2O)cc1. The van der Waals surface area contributed by atoms with Gasteiger partial charge in [0.05, 0.1) is 0 Å². The molecule has 2 amide bonds. The highest BCUT2D eigenvalue weighted by molar-refractivity contribution is 7.87. The zero-order valence-corrected chi connectivity index (χ0v) is 18.0. The van der Waals surface area contributed by atoms with Crippen molar-refractivity contribution in [3.05, 3.63) is 24.3 Å². The monoisotopic (exact) mass is 472 g/mol. The van der Waals surface area contributed by atoms with E-state index >= 15 is 0 Å². The van der Waals surface area contributed by atoms with E-state index in [4.69, 9.17) is 21.0 Å². The van der Waals surface area contributed by atoms with Gasteiger partial charge >= 0.3 is 6.03 Å². The molecular weight excluding hydrogens is 444 g/mol. The Morgan fingerprint density at radius 1 is 1.16 bits per heavy atom. The number of nitrogens with two attached hydrogens (primary N) is 1. The minimum Gasteiger partial charge on any atom is -0.462 e. The van der Waals surface area contributed by atoms with Gasteiger partial charge in [0, 0.05) is 25.2 Å². The van der Waals surface area contributed by atoms with Crippen LogP contribution in [0.2, 0.25) is 0 Å². The second-order valence-electron chi connectivity index (χ2n) is 7.09. The third-order valence-electron chi connectivity index (χ3n) is 4.55. The molecule has 1 heterocycles. The van der Waals surface area contributed by atoms with E-state index in [-0.39, 0.29) is 11.8 Å². The number of aliphatic hydroxyl groups excluding tert-OH is 3. The summed E-state index contributed by atoms with van der Waals surface area (Å²) in [6.45, 7) is 0.0472. The Morgan fingerprint density at radius 2 is 1.84 bits per heavy atom. The number of hydrogen-bond donors (Lipinski definition) is 7. The van der Waals surface area contributed by atoms with Gasteiger partial charge in [-0.1, -0.05) is 0 Å². The Bertz CT molecular complexity index is 890. The van der Waals surface area contributed by atoms with Crippen LogP contribution in [0.3, 0.4) is 0 Å². The number of amides is 2. The molecule has 8 N–H and O–H groups in total. The van der Waals surface area contributed by atoms with Gasteiger partial charge in [-0.15, -0.1) is 12.3 Å². The van der Waals surface area contributed by atoms with Crippen molar-refractivity contribution in [3.63, 3.8) is 0 Å². The number of ether oxygens (including phenoxy) is 2. The topological polar surface area (TPSA) is 192 Å². The summed E-state index contributed by atoms with van der Waals surface area (Å²) in [5, 5.41) is 40.3. The summed E-state index contributed by atoms with van der Waals surface area (Å²) in [7, 11) is -4.05. The average molecular weight is 473 g/mol. The van der Waals surface area contributed by atoms with E-state index in [2.05, 4.69) is 16.6 Å². The molecule has 1 aromatic rings. The summed E-state index contributed by atoms with van der Waals surface area (Å²) in [6, 6.07) is 5.70. The molecule has 0 spiro atoms. The van der Waals surface area contributed by atoms with Crippen LogP contribution in [0, 0.1) is 12.3 Å². The Balaban J connectivity index is 1.89. The number of anilines is 1. The standard InChI is InChI=1S/C19H28N4O8S/c1-2-3-4-5-10-21-19(27)23-12-6-8-13(9-7-12)30-18-17(26)16(25)15(24)14(31-18)11-22-32(20,28)29/h1,6-9,14-18,22,24-26H,3-5,10-11H2,(H2,20,28,29)(H2,21,23,27)/t14-,15-,16+,17+,18+/m1/s1. The number of terminal acetylenes is 1. The lowest BCUT2D eigenvalue weighted by Crippen LogP contribution is -2.61. The molecule has 0 aromatic heterocycles. The summed E-state index contributed by atoms with van der Waals surface area (Å²) in [4.78, 5) is 11.9. The van der Waals surface area contributed by atoms with Gasteiger partial charge in [-0.3, -0.25) is 0 Å². The number of urea groups is 1. The molecule has 1 aliphatic rings. The minimum atomic E-state index is -4.05. The Morgan fingerprint density at radius 3 is 2.47 bits per heavy atom. The molecule has 1 fully saturated rings. The van der Waals surface area contributed by atoms with Gasteiger partial charge in [0.25, 0.3) is 10.2 Å². The molecule has 0 saturated carbocycles. The molecule has 2 rings (SSSR count). The van der Waals surface area contributed by atoms with E-state index in [0.717, 1.165) is 12.8 Å². The van der Waals surface area contributed by atoms with Crippen molar-refractivity contribution in [2.45, 2.75) is 50.0 Å². The van der Waals surface area contributed by atoms with Crippen molar-refractivity contribution < 1.29 is 38.0 Å². The largest absolute Gasteiger partial charge is 0.462 e. The number of nitrogens with one attached hydrogen (secondary N) is 3. The summed E-state index contributed by atoms with van der Waals surface area (Å²) >= 11 is 0. The number of hydrogen-bond acceptors (Lipinski definition) is 8. The van der Waals surface area contributed by atoms with Crippen LogP contribution in [0.5, 0.6) is 5.75 Å². The van der Waals surface area contributed by atoms with Gasteiger partial charge in [0.15, 0.2) is 0 Å². The molecular formula is C19H28N4O8S. The van der Waals surface area contributed by atoms with E-state index in [1.807, 2.05) is 4.72 Å². The predicted octanol–water partition coefficient (Wildman–Crippen LogP) is -1.41. The van der Waals surface area contributed by atoms with Crippen molar-refractivity contribution >= 4 is 21.9 Å². The normalized spacial score (nSPS) is 25.5. The van der Waals surface area contributed by atoms with E-state index in [0.29, 0.717) is 18.7 Å². The summed E-state index contributed by atoms with van der Waals surface area (Å²) in [5.74, 6) is 2.76. The maximum atomic E-state index is 11.9. The second kappa shape index (κ2) is 12.0. The molecule has 12 nitrogen and oxygen atoms in total. The van der Waals surface area contributed by atoms with Crippen LogP contribution in [0.1, 0.15) is 19.3 Å². The Kier molecular flexibility index (Phi) is 9.66. The van der Waals surface area contributed by atoms with Gasteiger partial charge < -0.3 is 35.4 Å². The number of aliphatic hydroxyl groups is 3. The van der Waals surface area contributed by atoms with Crippen LogP contribution >= 0.6 is 0 Å². The fraction of sp³-hybridized carbons (Fsp3) is 0.526. The zero-order chi connectivity index (χ0) is 23.7. The highest BCUT2D eigenvalue weighted by atomic mass is 32.2. The van der Waals surface area contributed by atoms with Gasteiger partial charge in [0.1, 0.15) is 30.2 Å². The lowest BCUT2D eigenvalue weighted by Gasteiger charge is -2.40. The van der Waals surface area contributed by atoms with E-state index in [9.17, 15) is 28.5 Å². The maximum Gasteiger partial charge on any atom is 0.319 e. The first kappa shape index (κ1) is 25.8. The number of benzene rings is 1. The first-order chi connectivity index (χ1) is 15.1. The third-order valence-corrected chi connectivity index (χ3v) is 5.12. The Hall–Kier alpha value is -2.44. The summed E-state index contributed by atoms with van der Waals surface area (Å²) < 4.78 is 35.0. The average Bonchev–Trinajstić information content (AvgIpc) is 2.74. The smallest absolute Gasteiger partial charge is 0.319 e. The highest BCUT2D eigenvalue weighted by Gasteiger charge is 2.45. The maximum absolute atomic E-state index is 11.9. The molecule has 0 radical (unpaired) electrons. The molecule has 1 aliphatic heterocycles.